The Labute approximate surface area is 183 Å². The average Bonchev–Trinajstić information content (AvgIpc) is 3.30. The molecule has 4 rings (SSSR count). The number of thioether (sulfide) groups is 1. The minimum atomic E-state index is -0.477. The predicted octanol–water partition coefficient (Wildman–Crippen LogP) is 5.85. The summed E-state index contributed by atoms with van der Waals surface area (Å²) >= 11 is 4.20. The van der Waals surface area contributed by atoms with Crippen molar-refractivity contribution in [3.8, 4) is 11.3 Å². The van der Waals surface area contributed by atoms with Gasteiger partial charge in [0.1, 0.15) is 11.5 Å². The summed E-state index contributed by atoms with van der Waals surface area (Å²) in [6.07, 6.45) is 1.51. The van der Waals surface area contributed by atoms with Gasteiger partial charge in [-0.15, -0.1) is 0 Å². The average molecular weight is 485 g/mol. The van der Waals surface area contributed by atoms with Gasteiger partial charge in [-0.25, -0.2) is 0 Å². The monoisotopic (exact) mass is 484 g/mol. The van der Waals surface area contributed by atoms with E-state index in [2.05, 4.69) is 15.9 Å². The second kappa shape index (κ2) is 8.29. The van der Waals surface area contributed by atoms with Gasteiger partial charge in [-0.3, -0.25) is 24.6 Å². The molecule has 2 heterocycles. The fourth-order valence-electron chi connectivity index (χ4n) is 2.90. The molecule has 0 N–H and O–H groups in total. The second-order valence-electron chi connectivity index (χ2n) is 6.40. The number of carbonyl (C=O) groups is 2. The number of nitro benzene ring substituents is 1. The smallest absolute Gasteiger partial charge is 0.293 e. The fourth-order valence-corrected chi connectivity index (χ4v) is 3.98. The van der Waals surface area contributed by atoms with Crippen LogP contribution in [0.4, 0.5) is 10.5 Å². The number of benzene rings is 2. The molecule has 0 bridgehead atoms. The van der Waals surface area contributed by atoms with E-state index in [9.17, 15) is 19.7 Å². The van der Waals surface area contributed by atoms with Crippen molar-refractivity contribution >= 4 is 50.6 Å². The molecule has 0 unspecified atom stereocenters. The Balaban J connectivity index is 1.53. The summed E-state index contributed by atoms with van der Waals surface area (Å²) in [4.78, 5) is 36.9. The van der Waals surface area contributed by atoms with E-state index >= 15 is 0 Å². The lowest BCUT2D eigenvalue weighted by Crippen LogP contribution is -2.27. The van der Waals surface area contributed by atoms with E-state index in [0.717, 1.165) is 21.8 Å². The minimum absolute atomic E-state index is 0.0421. The lowest BCUT2D eigenvalue weighted by molar-refractivity contribution is -0.384. The lowest BCUT2D eigenvalue weighted by Gasteiger charge is -2.12. The van der Waals surface area contributed by atoms with Gasteiger partial charge in [0.15, 0.2) is 0 Å². The molecule has 1 fully saturated rings. The fraction of sp³-hybridized carbons (Fsp3) is 0.0476. The van der Waals surface area contributed by atoms with Gasteiger partial charge in [-0.1, -0.05) is 40.2 Å². The number of nitro groups is 1. The van der Waals surface area contributed by atoms with Crippen LogP contribution in [0.1, 0.15) is 11.3 Å². The molecule has 0 atom stereocenters. The maximum atomic E-state index is 12.7. The highest BCUT2D eigenvalue weighted by atomic mass is 79.9. The van der Waals surface area contributed by atoms with Crippen molar-refractivity contribution in [3.05, 3.63) is 91.5 Å². The SMILES string of the molecule is O=C1S/C(=C\c2ccc(-c3cccc([N+](=O)[O-])c3)o2)C(=O)N1Cc1ccc(Br)cc1. The van der Waals surface area contributed by atoms with Gasteiger partial charge < -0.3 is 4.42 Å². The normalized spacial score (nSPS) is 15.2. The molecule has 0 aliphatic carbocycles. The second-order valence-corrected chi connectivity index (χ2v) is 8.31. The van der Waals surface area contributed by atoms with Crippen LogP contribution in [0.15, 0.2) is 74.5 Å². The van der Waals surface area contributed by atoms with E-state index in [1.807, 2.05) is 24.3 Å². The Morgan fingerprint density at radius 3 is 2.60 bits per heavy atom. The molecule has 1 aliphatic rings. The zero-order valence-electron chi connectivity index (χ0n) is 15.3. The van der Waals surface area contributed by atoms with E-state index < -0.39 is 4.92 Å². The Kier molecular flexibility index (Phi) is 5.56. The molecule has 3 aromatic rings. The summed E-state index contributed by atoms with van der Waals surface area (Å²) in [5.41, 5.74) is 1.35. The van der Waals surface area contributed by atoms with Gasteiger partial charge in [0.25, 0.3) is 16.8 Å². The molecule has 0 radical (unpaired) electrons. The van der Waals surface area contributed by atoms with Gasteiger partial charge in [0, 0.05) is 28.2 Å². The molecule has 150 valence electrons. The Morgan fingerprint density at radius 1 is 1.10 bits per heavy atom. The summed E-state index contributed by atoms with van der Waals surface area (Å²) in [5, 5.41) is 10.6. The largest absolute Gasteiger partial charge is 0.457 e. The zero-order chi connectivity index (χ0) is 21.3. The summed E-state index contributed by atoms with van der Waals surface area (Å²) in [6.45, 7) is 0.187. The van der Waals surface area contributed by atoms with Crippen molar-refractivity contribution in [2.45, 2.75) is 6.54 Å². The van der Waals surface area contributed by atoms with Crippen LogP contribution in [-0.2, 0) is 11.3 Å². The standard InChI is InChI=1S/C21H13BrN2O5S/c22-15-6-4-13(5-7-15)12-23-20(25)19(30-21(23)26)11-17-8-9-18(29-17)14-2-1-3-16(10-14)24(27)28/h1-11H,12H2/b19-11-. The number of non-ortho nitro benzene ring substituents is 1. The highest BCUT2D eigenvalue weighted by molar-refractivity contribution is 9.10. The van der Waals surface area contributed by atoms with Crippen molar-refractivity contribution in [1.82, 2.24) is 4.90 Å². The number of imide groups is 1. The van der Waals surface area contributed by atoms with Gasteiger partial charge in [0.2, 0.25) is 0 Å². The molecule has 1 aliphatic heterocycles. The number of nitrogens with zero attached hydrogens (tertiary/aromatic N) is 2. The summed E-state index contributed by atoms with van der Waals surface area (Å²) in [6, 6.07) is 16.8. The molecule has 0 spiro atoms. The summed E-state index contributed by atoms with van der Waals surface area (Å²) in [7, 11) is 0. The first-order chi connectivity index (χ1) is 14.4. The van der Waals surface area contributed by atoms with Crippen LogP contribution in [0.25, 0.3) is 17.4 Å². The Hall–Kier alpha value is -3.17. The molecule has 0 saturated carbocycles. The van der Waals surface area contributed by atoms with Crippen molar-refractivity contribution < 1.29 is 18.9 Å². The highest BCUT2D eigenvalue weighted by Gasteiger charge is 2.35. The van der Waals surface area contributed by atoms with Crippen LogP contribution in [-0.4, -0.2) is 21.0 Å². The number of carbonyl (C=O) groups excluding carboxylic acids is 2. The van der Waals surface area contributed by atoms with E-state index in [4.69, 9.17) is 4.42 Å². The highest BCUT2D eigenvalue weighted by Crippen LogP contribution is 2.34. The number of furan rings is 1. The number of hydrogen-bond donors (Lipinski definition) is 0. The molecule has 30 heavy (non-hydrogen) atoms. The molecule has 1 aromatic heterocycles. The van der Waals surface area contributed by atoms with Crippen LogP contribution < -0.4 is 0 Å². The molecule has 7 nitrogen and oxygen atoms in total. The number of amides is 2. The summed E-state index contributed by atoms with van der Waals surface area (Å²) in [5.74, 6) is 0.422. The molecular formula is C21H13BrN2O5S. The van der Waals surface area contributed by atoms with Gasteiger partial charge in [0.05, 0.1) is 16.4 Å². The number of hydrogen-bond acceptors (Lipinski definition) is 6. The molecule has 2 aromatic carbocycles. The summed E-state index contributed by atoms with van der Waals surface area (Å²) < 4.78 is 6.63. The van der Waals surface area contributed by atoms with Crippen LogP contribution >= 0.6 is 27.7 Å². The number of halogens is 1. The predicted molar refractivity (Wildman–Crippen MR) is 116 cm³/mol. The first-order valence-corrected chi connectivity index (χ1v) is 10.4. The van der Waals surface area contributed by atoms with E-state index in [-0.39, 0.29) is 28.3 Å². The van der Waals surface area contributed by atoms with Crippen molar-refractivity contribution in [3.63, 3.8) is 0 Å². The Morgan fingerprint density at radius 2 is 1.87 bits per heavy atom. The lowest BCUT2D eigenvalue weighted by atomic mass is 10.1. The van der Waals surface area contributed by atoms with Crippen LogP contribution in [0.5, 0.6) is 0 Å². The molecular weight excluding hydrogens is 472 g/mol. The minimum Gasteiger partial charge on any atom is -0.457 e. The van der Waals surface area contributed by atoms with E-state index in [1.54, 1.807) is 24.3 Å². The molecule has 2 amide bonds. The van der Waals surface area contributed by atoms with Crippen LogP contribution in [0, 0.1) is 10.1 Å². The van der Waals surface area contributed by atoms with E-state index in [0.29, 0.717) is 17.1 Å². The van der Waals surface area contributed by atoms with Crippen molar-refractivity contribution in [2.24, 2.45) is 0 Å². The first kappa shape index (κ1) is 20.1. The van der Waals surface area contributed by atoms with Crippen molar-refractivity contribution in [2.75, 3.05) is 0 Å². The third-order valence-electron chi connectivity index (χ3n) is 4.37. The van der Waals surface area contributed by atoms with Crippen LogP contribution in [0.2, 0.25) is 0 Å². The van der Waals surface area contributed by atoms with Crippen LogP contribution in [0.3, 0.4) is 0 Å². The molecule has 9 heteroatoms. The first-order valence-electron chi connectivity index (χ1n) is 8.75. The third-order valence-corrected chi connectivity index (χ3v) is 5.81. The maximum absolute atomic E-state index is 12.7. The van der Waals surface area contributed by atoms with E-state index in [1.165, 1.54) is 23.1 Å². The quantitative estimate of drug-likeness (QED) is 0.256. The Bertz CT molecular complexity index is 1190. The van der Waals surface area contributed by atoms with Crippen molar-refractivity contribution in [1.29, 1.82) is 0 Å². The third kappa shape index (κ3) is 4.22. The van der Waals surface area contributed by atoms with Gasteiger partial charge >= 0.3 is 0 Å². The topological polar surface area (TPSA) is 93.7 Å². The molecule has 1 saturated heterocycles. The zero-order valence-corrected chi connectivity index (χ0v) is 17.7. The number of rotatable bonds is 5. The van der Waals surface area contributed by atoms with Gasteiger partial charge in [-0.2, -0.15) is 0 Å². The maximum Gasteiger partial charge on any atom is 0.293 e. The van der Waals surface area contributed by atoms with Gasteiger partial charge in [-0.05, 0) is 41.6 Å².